The molecule has 1 N–H and O–H groups in total. The maximum Gasteiger partial charge on any atom is 0.273 e. The summed E-state index contributed by atoms with van der Waals surface area (Å²) in [5, 5.41) is 20.2. The van der Waals surface area contributed by atoms with Crippen molar-refractivity contribution in [3.8, 4) is 0 Å². The van der Waals surface area contributed by atoms with Gasteiger partial charge < -0.3 is 10.0 Å². The van der Waals surface area contributed by atoms with Gasteiger partial charge in [-0.2, -0.15) is 0 Å². The predicted molar refractivity (Wildman–Crippen MR) is 78.2 cm³/mol. The monoisotopic (exact) mass is 292 g/mol. The van der Waals surface area contributed by atoms with Gasteiger partial charge in [-0.05, 0) is 25.8 Å². The minimum absolute atomic E-state index is 0.0452. The van der Waals surface area contributed by atoms with Gasteiger partial charge in [-0.15, -0.1) is 0 Å². The van der Waals surface area contributed by atoms with Gasteiger partial charge in [0.15, 0.2) is 0 Å². The fourth-order valence-corrected chi connectivity index (χ4v) is 2.88. The van der Waals surface area contributed by atoms with E-state index < -0.39 is 4.92 Å². The topological polar surface area (TPSA) is 83.7 Å². The quantitative estimate of drug-likeness (QED) is 0.666. The maximum atomic E-state index is 12.6. The van der Waals surface area contributed by atoms with Crippen LogP contribution in [-0.4, -0.2) is 40.0 Å². The second kappa shape index (κ2) is 6.67. The number of hydrogen-bond acceptors (Lipinski definition) is 4. The van der Waals surface area contributed by atoms with Crippen LogP contribution in [0.5, 0.6) is 0 Å². The number of amides is 1. The molecule has 0 bridgehead atoms. The first kappa shape index (κ1) is 15.4. The molecule has 21 heavy (non-hydrogen) atoms. The average molecular weight is 292 g/mol. The SMILES string of the molecule is Cc1ccc(C(=O)N(CCO)C2CCCC2)cc1[N+](=O)[O-]. The van der Waals surface area contributed by atoms with Gasteiger partial charge in [-0.3, -0.25) is 14.9 Å². The minimum atomic E-state index is -0.474. The summed E-state index contributed by atoms with van der Waals surface area (Å²) in [6, 6.07) is 4.67. The van der Waals surface area contributed by atoms with Gasteiger partial charge in [-0.1, -0.05) is 18.9 Å². The Morgan fingerprint density at radius 2 is 2.10 bits per heavy atom. The summed E-state index contributed by atoms with van der Waals surface area (Å²) in [5.41, 5.74) is 0.801. The number of carbonyl (C=O) groups excluding carboxylic acids is 1. The van der Waals surface area contributed by atoms with Crippen molar-refractivity contribution in [2.24, 2.45) is 0 Å². The maximum absolute atomic E-state index is 12.6. The first-order valence-corrected chi connectivity index (χ1v) is 7.21. The fraction of sp³-hybridized carbons (Fsp3) is 0.533. The van der Waals surface area contributed by atoms with Crippen molar-refractivity contribution in [2.75, 3.05) is 13.2 Å². The third kappa shape index (κ3) is 3.39. The Morgan fingerprint density at radius 1 is 1.43 bits per heavy atom. The van der Waals surface area contributed by atoms with Crippen molar-refractivity contribution in [3.05, 3.63) is 39.4 Å². The third-order valence-corrected chi connectivity index (χ3v) is 4.02. The molecule has 0 heterocycles. The van der Waals surface area contributed by atoms with Crippen molar-refractivity contribution >= 4 is 11.6 Å². The highest BCUT2D eigenvalue weighted by Crippen LogP contribution is 2.26. The van der Waals surface area contributed by atoms with E-state index in [0.717, 1.165) is 25.7 Å². The van der Waals surface area contributed by atoms with E-state index in [9.17, 15) is 20.0 Å². The lowest BCUT2D eigenvalue weighted by Crippen LogP contribution is -2.40. The highest BCUT2D eigenvalue weighted by molar-refractivity contribution is 5.95. The molecular formula is C15H20N2O4. The molecule has 1 aromatic carbocycles. The molecule has 2 rings (SSSR count). The zero-order chi connectivity index (χ0) is 15.4. The smallest absolute Gasteiger partial charge is 0.273 e. The number of hydrogen-bond donors (Lipinski definition) is 1. The van der Waals surface area contributed by atoms with E-state index in [-0.39, 0.29) is 30.8 Å². The summed E-state index contributed by atoms with van der Waals surface area (Å²) in [5.74, 6) is -0.237. The van der Waals surface area contributed by atoms with Gasteiger partial charge in [0.05, 0.1) is 11.5 Å². The molecule has 1 amide bonds. The van der Waals surface area contributed by atoms with E-state index in [4.69, 9.17) is 0 Å². The lowest BCUT2D eigenvalue weighted by atomic mass is 10.1. The summed E-state index contributed by atoms with van der Waals surface area (Å²) >= 11 is 0. The van der Waals surface area contributed by atoms with Crippen LogP contribution in [0.4, 0.5) is 5.69 Å². The van der Waals surface area contributed by atoms with Crippen LogP contribution in [0.1, 0.15) is 41.6 Å². The second-order valence-electron chi connectivity index (χ2n) is 5.42. The van der Waals surface area contributed by atoms with E-state index in [2.05, 4.69) is 0 Å². The molecule has 1 aliphatic rings. The Labute approximate surface area is 123 Å². The summed E-state index contributed by atoms with van der Waals surface area (Å²) in [4.78, 5) is 24.8. The predicted octanol–water partition coefficient (Wildman–Crippen LogP) is 2.28. The minimum Gasteiger partial charge on any atom is -0.395 e. The van der Waals surface area contributed by atoms with Gasteiger partial charge in [-0.25, -0.2) is 0 Å². The molecule has 0 radical (unpaired) electrons. The van der Waals surface area contributed by atoms with Gasteiger partial charge >= 0.3 is 0 Å². The third-order valence-electron chi connectivity index (χ3n) is 4.02. The summed E-state index contributed by atoms with van der Waals surface area (Å²) < 4.78 is 0. The first-order chi connectivity index (χ1) is 10.0. The van der Waals surface area contributed by atoms with Crippen molar-refractivity contribution in [1.29, 1.82) is 0 Å². The number of aliphatic hydroxyl groups excluding tert-OH is 1. The number of aliphatic hydroxyl groups is 1. The van der Waals surface area contributed by atoms with Gasteiger partial charge in [0.2, 0.25) is 0 Å². The van der Waals surface area contributed by atoms with Crippen LogP contribution < -0.4 is 0 Å². The number of nitrogens with zero attached hydrogens (tertiary/aromatic N) is 2. The van der Waals surface area contributed by atoms with Crippen LogP contribution in [0.2, 0.25) is 0 Å². The van der Waals surface area contributed by atoms with E-state index in [1.807, 2.05) is 0 Å². The zero-order valence-corrected chi connectivity index (χ0v) is 12.1. The highest BCUT2D eigenvalue weighted by atomic mass is 16.6. The largest absolute Gasteiger partial charge is 0.395 e. The molecule has 0 atom stereocenters. The van der Waals surface area contributed by atoms with Crippen LogP contribution in [0.15, 0.2) is 18.2 Å². The molecule has 0 aliphatic heterocycles. The number of benzene rings is 1. The molecule has 1 aromatic rings. The number of nitro benzene ring substituents is 1. The normalized spacial score (nSPS) is 15.1. The number of aryl methyl sites for hydroxylation is 1. The number of carbonyl (C=O) groups is 1. The molecule has 1 aliphatic carbocycles. The number of nitro groups is 1. The molecule has 0 aromatic heterocycles. The molecule has 1 fully saturated rings. The average Bonchev–Trinajstić information content (AvgIpc) is 2.98. The van der Waals surface area contributed by atoms with Gasteiger partial charge in [0.1, 0.15) is 0 Å². The lowest BCUT2D eigenvalue weighted by molar-refractivity contribution is -0.385. The van der Waals surface area contributed by atoms with Crippen LogP contribution in [0.3, 0.4) is 0 Å². The Kier molecular flexibility index (Phi) is 4.90. The molecule has 0 spiro atoms. The van der Waals surface area contributed by atoms with E-state index >= 15 is 0 Å². The van der Waals surface area contributed by atoms with Crippen LogP contribution >= 0.6 is 0 Å². The molecular weight excluding hydrogens is 272 g/mol. The first-order valence-electron chi connectivity index (χ1n) is 7.21. The molecule has 0 saturated heterocycles. The Balaban J connectivity index is 2.27. The Morgan fingerprint density at radius 3 is 2.67 bits per heavy atom. The zero-order valence-electron chi connectivity index (χ0n) is 12.1. The Hall–Kier alpha value is -1.95. The molecule has 6 heteroatoms. The van der Waals surface area contributed by atoms with Crippen LogP contribution in [0, 0.1) is 17.0 Å². The van der Waals surface area contributed by atoms with Gasteiger partial charge in [0.25, 0.3) is 11.6 Å². The van der Waals surface area contributed by atoms with Gasteiger partial charge in [0, 0.05) is 29.8 Å². The molecule has 0 unspecified atom stereocenters. The highest BCUT2D eigenvalue weighted by Gasteiger charge is 2.28. The molecule has 114 valence electrons. The van der Waals surface area contributed by atoms with Crippen molar-refractivity contribution < 1.29 is 14.8 Å². The molecule has 1 saturated carbocycles. The van der Waals surface area contributed by atoms with Crippen molar-refractivity contribution in [2.45, 2.75) is 38.6 Å². The van der Waals surface area contributed by atoms with E-state index in [1.165, 1.54) is 6.07 Å². The lowest BCUT2D eigenvalue weighted by Gasteiger charge is -2.28. The second-order valence-corrected chi connectivity index (χ2v) is 5.42. The van der Waals surface area contributed by atoms with Crippen molar-refractivity contribution in [3.63, 3.8) is 0 Å². The summed E-state index contributed by atoms with van der Waals surface area (Å²) in [6.07, 6.45) is 4.02. The van der Waals surface area contributed by atoms with Crippen LogP contribution in [0.25, 0.3) is 0 Å². The van der Waals surface area contributed by atoms with E-state index in [1.54, 1.807) is 24.0 Å². The number of rotatable bonds is 5. The standard InChI is InChI=1S/C15H20N2O4/c1-11-6-7-12(10-14(11)17(20)21)15(19)16(8-9-18)13-4-2-3-5-13/h6-7,10,13,18H,2-5,8-9H2,1H3. The summed E-state index contributed by atoms with van der Waals surface area (Å²) in [6.45, 7) is 1.82. The Bertz CT molecular complexity index is 538. The molecule has 6 nitrogen and oxygen atoms in total. The van der Waals surface area contributed by atoms with E-state index in [0.29, 0.717) is 11.1 Å². The van der Waals surface area contributed by atoms with Crippen molar-refractivity contribution in [1.82, 2.24) is 4.90 Å². The fourth-order valence-electron chi connectivity index (χ4n) is 2.88. The van der Waals surface area contributed by atoms with Crippen LogP contribution in [-0.2, 0) is 0 Å². The summed E-state index contributed by atoms with van der Waals surface area (Å²) in [7, 11) is 0.